The number of hydrogen-bond acceptors (Lipinski definition) is 2. The molecule has 1 aliphatic rings. The molecule has 0 N–H and O–H groups in total. The zero-order valence-corrected chi connectivity index (χ0v) is 18.4. The van der Waals surface area contributed by atoms with Crippen LogP contribution >= 0.6 is 27.3 Å². The number of thiophene rings is 1. The predicted molar refractivity (Wildman–Crippen MR) is 130 cm³/mol. The standard InChI is InChI=1S/C27H17BrOS/c28-22-17-18-15-16-27(19-9-3-1-4-10-19,20-11-5-2-6-12-20)29-25(18)26-24(22)21-13-7-8-14-23(21)30-26/h1-17H. The first-order chi connectivity index (χ1) is 14.8. The first-order valence-electron chi connectivity index (χ1n) is 9.89. The van der Waals surface area contributed by atoms with Crippen LogP contribution in [0.3, 0.4) is 0 Å². The summed E-state index contributed by atoms with van der Waals surface area (Å²) in [6, 6.07) is 31.7. The van der Waals surface area contributed by atoms with E-state index in [-0.39, 0.29) is 0 Å². The summed E-state index contributed by atoms with van der Waals surface area (Å²) in [5, 5.41) is 2.48. The zero-order valence-electron chi connectivity index (χ0n) is 16.0. The summed E-state index contributed by atoms with van der Waals surface area (Å²) in [5.74, 6) is 0.949. The molecule has 1 aromatic heterocycles. The minimum absolute atomic E-state index is 0.660. The molecule has 6 rings (SSSR count). The second-order valence-electron chi connectivity index (χ2n) is 7.48. The maximum absolute atomic E-state index is 6.99. The molecule has 0 radical (unpaired) electrons. The Bertz CT molecular complexity index is 1380. The molecule has 0 spiro atoms. The second kappa shape index (κ2) is 6.83. The van der Waals surface area contributed by atoms with Gasteiger partial charge in [-0.2, -0.15) is 0 Å². The lowest BCUT2D eigenvalue weighted by Gasteiger charge is -2.36. The molecule has 2 heterocycles. The lowest BCUT2D eigenvalue weighted by molar-refractivity contribution is 0.164. The van der Waals surface area contributed by atoms with E-state index in [4.69, 9.17) is 4.74 Å². The summed E-state index contributed by atoms with van der Waals surface area (Å²) < 4.78 is 10.5. The molecule has 0 unspecified atom stereocenters. The summed E-state index contributed by atoms with van der Waals surface area (Å²) in [7, 11) is 0. The van der Waals surface area contributed by atoms with Crippen molar-refractivity contribution in [1.82, 2.24) is 0 Å². The number of halogens is 1. The van der Waals surface area contributed by atoms with Crippen molar-refractivity contribution in [2.24, 2.45) is 0 Å². The Hall–Kier alpha value is -2.88. The van der Waals surface area contributed by atoms with Crippen molar-refractivity contribution in [2.75, 3.05) is 0 Å². The smallest absolute Gasteiger partial charge is 0.178 e. The van der Waals surface area contributed by atoms with Gasteiger partial charge in [0.05, 0.1) is 4.70 Å². The van der Waals surface area contributed by atoms with Crippen LogP contribution in [0.2, 0.25) is 0 Å². The van der Waals surface area contributed by atoms with Crippen LogP contribution in [-0.4, -0.2) is 0 Å². The maximum atomic E-state index is 6.99. The van der Waals surface area contributed by atoms with Crippen molar-refractivity contribution in [2.45, 2.75) is 5.60 Å². The molecular formula is C27H17BrOS. The van der Waals surface area contributed by atoms with Gasteiger partial charge in [0.2, 0.25) is 0 Å². The van der Waals surface area contributed by atoms with Crippen molar-refractivity contribution in [3.8, 4) is 5.75 Å². The molecule has 0 amide bonds. The Labute approximate surface area is 187 Å². The maximum Gasteiger partial charge on any atom is 0.178 e. The summed E-state index contributed by atoms with van der Waals surface area (Å²) in [4.78, 5) is 0. The number of fused-ring (bicyclic) bond motifs is 5. The number of hydrogen-bond donors (Lipinski definition) is 0. The Kier molecular flexibility index (Phi) is 4.08. The van der Waals surface area contributed by atoms with E-state index >= 15 is 0 Å². The molecule has 30 heavy (non-hydrogen) atoms. The van der Waals surface area contributed by atoms with Gasteiger partial charge >= 0.3 is 0 Å². The van der Waals surface area contributed by atoms with Gasteiger partial charge in [-0.05, 0) is 18.2 Å². The summed E-state index contributed by atoms with van der Waals surface area (Å²) in [5.41, 5.74) is 2.68. The largest absolute Gasteiger partial charge is 0.472 e. The highest BCUT2D eigenvalue weighted by molar-refractivity contribution is 9.10. The van der Waals surface area contributed by atoms with Crippen LogP contribution in [0.25, 0.3) is 26.2 Å². The quantitative estimate of drug-likeness (QED) is 0.253. The summed E-state index contributed by atoms with van der Waals surface area (Å²) >= 11 is 5.60. The fourth-order valence-corrected chi connectivity index (χ4v) is 6.34. The lowest BCUT2D eigenvalue weighted by Crippen LogP contribution is -2.34. The van der Waals surface area contributed by atoms with Crippen LogP contribution in [0.1, 0.15) is 16.7 Å². The molecule has 5 aromatic rings. The van der Waals surface area contributed by atoms with E-state index in [2.05, 4.69) is 107 Å². The van der Waals surface area contributed by atoms with Gasteiger partial charge < -0.3 is 4.74 Å². The summed E-state index contributed by atoms with van der Waals surface area (Å²) in [6.45, 7) is 0. The van der Waals surface area contributed by atoms with Crippen LogP contribution in [-0.2, 0) is 5.60 Å². The van der Waals surface area contributed by atoms with Crippen LogP contribution in [0.5, 0.6) is 5.75 Å². The van der Waals surface area contributed by atoms with Gasteiger partial charge in [-0.25, -0.2) is 0 Å². The van der Waals surface area contributed by atoms with Crippen molar-refractivity contribution in [1.29, 1.82) is 0 Å². The Morgan fingerprint density at radius 2 is 1.40 bits per heavy atom. The molecule has 0 aliphatic carbocycles. The fourth-order valence-electron chi connectivity index (χ4n) is 4.33. The molecule has 4 aromatic carbocycles. The topological polar surface area (TPSA) is 9.23 Å². The van der Waals surface area contributed by atoms with Crippen molar-refractivity contribution in [3.63, 3.8) is 0 Å². The van der Waals surface area contributed by atoms with Gasteiger partial charge in [0.1, 0.15) is 5.75 Å². The van der Waals surface area contributed by atoms with E-state index < -0.39 is 5.60 Å². The zero-order chi connectivity index (χ0) is 20.1. The first-order valence-corrected chi connectivity index (χ1v) is 11.5. The molecule has 1 aliphatic heterocycles. The van der Waals surface area contributed by atoms with Gasteiger partial charge in [0, 0.05) is 36.6 Å². The first kappa shape index (κ1) is 17.9. The van der Waals surface area contributed by atoms with Crippen LogP contribution < -0.4 is 4.74 Å². The van der Waals surface area contributed by atoms with Gasteiger partial charge in [0.25, 0.3) is 0 Å². The van der Waals surface area contributed by atoms with Crippen LogP contribution in [0.15, 0.2) is 102 Å². The highest BCUT2D eigenvalue weighted by Gasteiger charge is 2.38. The minimum Gasteiger partial charge on any atom is -0.472 e. The minimum atomic E-state index is -0.660. The Morgan fingerprint density at radius 3 is 2.10 bits per heavy atom. The molecule has 144 valence electrons. The van der Waals surface area contributed by atoms with Gasteiger partial charge in [0.15, 0.2) is 5.60 Å². The predicted octanol–water partition coefficient (Wildman–Crippen LogP) is 8.17. The number of benzene rings is 4. The van der Waals surface area contributed by atoms with E-state index in [9.17, 15) is 0 Å². The SMILES string of the molecule is Brc1cc2c(c3sc4ccccc4c13)OC(c1ccccc1)(c1ccccc1)C=C2. The average Bonchev–Trinajstić information content (AvgIpc) is 3.21. The monoisotopic (exact) mass is 468 g/mol. The van der Waals surface area contributed by atoms with E-state index in [0.717, 1.165) is 26.9 Å². The van der Waals surface area contributed by atoms with Crippen molar-refractivity contribution < 1.29 is 4.74 Å². The third-order valence-electron chi connectivity index (χ3n) is 5.75. The normalized spacial score (nSPS) is 14.6. The van der Waals surface area contributed by atoms with Gasteiger partial charge in [-0.1, -0.05) is 101 Å². The molecule has 1 nitrogen and oxygen atoms in total. The van der Waals surface area contributed by atoms with Crippen LogP contribution in [0.4, 0.5) is 0 Å². The highest BCUT2D eigenvalue weighted by atomic mass is 79.9. The van der Waals surface area contributed by atoms with Crippen molar-refractivity contribution >= 4 is 53.5 Å². The Balaban J connectivity index is 1.66. The number of rotatable bonds is 2. The lowest BCUT2D eigenvalue weighted by atomic mass is 9.83. The molecular weight excluding hydrogens is 452 g/mol. The van der Waals surface area contributed by atoms with Crippen molar-refractivity contribution in [3.05, 3.63) is 118 Å². The molecule has 0 saturated heterocycles. The van der Waals surface area contributed by atoms with E-state index in [0.29, 0.717) is 0 Å². The van der Waals surface area contributed by atoms with E-state index in [1.54, 1.807) is 11.3 Å². The highest BCUT2D eigenvalue weighted by Crippen LogP contribution is 2.50. The number of ether oxygens (including phenoxy) is 1. The van der Waals surface area contributed by atoms with E-state index in [1.165, 1.54) is 20.2 Å². The van der Waals surface area contributed by atoms with Gasteiger partial charge in [-0.15, -0.1) is 11.3 Å². The fraction of sp³-hybridized carbons (Fsp3) is 0.0370. The molecule has 0 atom stereocenters. The Morgan fingerprint density at radius 1 is 0.767 bits per heavy atom. The molecule has 0 fully saturated rings. The molecule has 3 heteroatoms. The second-order valence-corrected chi connectivity index (χ2v) is 9.39. The van der Waals surface area contributed by atoms with E-state index in [1.807, 2.05) is 12.1 Å². The third-order valence-corrected chi connectivity index (χ3v) is 7.55. The average molecular weight is 469 g/mol. The van der Waals surface area contributed by atoms with Gasteiger partial charge in [-0.3, -0.25) is 0 Å². The third kappa shape index (κ3) is 2.59. The summed E-state index contributed by atoms with van der Waals surface area (Å²) in [6.07, 6.45) is 4.39. The molecule has 0 saturated carbocycles. The molecule has 0 bridgehead atoms. The van der Waals surface area contributed by atoms with Crippen LogP contribution in [0, 0.1) is 0 Å².